The van der Waals surface area contributed by atoms with E-state index in [2.05, 4.69) is 17.5 Å². The van der Waals surface area contributed by atoms with Crippen LogP contribution in [0.2, 0.25) is 0 Å². The van der Waals surface area contributed by atoms with Gasteiger partial charge in [-0.05, 0) is 131 Å². The Kier molecular flexibility index (Phi) is 16.2. The third-order valence-corrected chi connectivity index (χ3v) is 12.7. The molecule has 4 atom stereocenters. The number of aliphatic hydroxyl groups excluding tert-OH is 1. The molecule has 4 aliphatic carbocycles. The van der Waals surface area contributed by atoms with Gasteiger partial charge >= 0.3 is 0 Å². The van der Waals surface area contributed by atoms with Crippen molar-refractivity contribution in [2.45, 2.75) is 191 Å². The summed E-state index contributed by atoms with van der Waals surface area (Å²) >= 11 is 0. The minimum Gasteiger partial charge on any atom is -0.511 e. The SMILES string of the molecule is C1CCC(NC2CCCCC2)CC1.CC(C)=CCCC1(C)[C@@H](CC=C(C)C)CC2(CC=C(C)C)C(=O)[C@@]1(C(=O)C(C)C)C(=O)C(CC=C(C)C)=C2O. The summed E-state index contributed by atoms with van der Waals surface area (Å²) in [7, 11) is 0. The van der Waals surface area contributed by atoms with Crippen molar-refractivity contribution in [3.8, 4) is 0 Å². The molecule has 292 valence electrons. The first kappa shape index (κ1) is 43.9. The maximum Gasteiger partial charge on any atom is 0.184 e. The van der Waals surface area contributed by atoms with Crippen LogP contribution in [0.15, 0.2) is 57.9 Å². The fourth-order valence-electron chi connectivity index (χ4n) is 9.58. The van der Waals surface area contributed by atoms with Crippen molar-refractivity contribution in [1.82, 2.24) is 5.32 Å². The second-order valence-electron chi connectivity index (χ2n) is 18.3. The van der Waals surface area contributed by atoms with Gasteiger partial charge in [-0.2, -0.15) is 0 Å². The molecule has 3 fully saturated rings. The molecule has 3 saturated carbocycles. The molecule has 0 radical (unpaired) electrons. The number of ketones is 3. The Bertz CT molecular complexity index is 1400. The summed E-state index contributed by atoms with van der Waals surface area (Å²) in [6, 6.07) is 1.74. The number of aliphatic hydroxyl groups is 1. The zero-order valence-electron chi connectivity index (χ0n) is 35.1. The molecule has 52 heavy (non-hydrogen) atoms. The lowest BCUT2D eigenvalue weighted by atomic mass is 9.38. The Morgan fingerprint density at radius 1 is 0.769 bits per heavy atom. The largest absolute Gasteiger partial charge is 0.511 e. The van der Waals surface area contributed by atoms with Crippen LogP contribution in [0.5, 0.6) is 0 Å². The highest BCUT2D eigenvalue weighted by atomic mass is 16.3. The van der Waals surface area contributed by atoms with E-state index in [0.29, 0.717) is 25.7 Å². The normalized spacial score (nSPS) is 28.1. The van der Waals surface area contributed by atoms with Crippen LogP contribution in [0.25, 0.3) is 0 Å². The lowest BCUT2D eigenvalue weighted by molar-refractivity contribution is -0.180. The van der Waals surface area contributed by atoms with Gasteiger partial charge in [-0.3, -0.25) is 14.4 Å². The van der Waals surface area contributed by atoms with Crippen molar-refractivity contribution in [3.05, 3.63) is 57.9 Å². The van der Waals surface area contributed by atoms with E-state index in [1.54, 1.807) is 13.8 Å². The molecule has 0 aliphatic heterocycles. The number of Topliss-reactive ketones (excluding diaryl/α,β-unsaturated/α-hetero) is 3. The molecule has 0 amide bonds. The fraction of sp³-hybridized carbons (Fsp3) is 0.723. The molecule has 0 aromatic heterocycles. The molecule has 2 N–H and O–H groups in total. The zero-order chi connectivity index (χ0) is 38.9. The minimum atomic E-state index is -1.83. The molecular weight excluding hydrogens is 643 g/mol. The number of carbonyl (C=O) groups is 3. The van der Waals surface area contributed by atoms with Gasteiger partial charge in [0.05, 0.1) is 5.41 Å². The molecule has 0 heterocycles. The van der Waals surface area contributed by atoms with Crippen LogP contribution in [0.1, 0.15) is 179 Å². The first-order valence-corrected chi connectivity index (χ1v) is 20.8. The van der Waals surface area contributed by atoms with E-state index in [-0.39, 0.29) is 41.7 Å². The van der Waals surface area contributed by atoms with Crippen LogP contribution in [0.3, 0.4) is 0 Å². The number of nitrogens with one attached hydrogen (secondary N) is 1. The van der Waals surface area contributed by atoms with Crippen molar-refractivity contribution < 1.29 is 19.5 Å². The van der Waals surface area contributed by atoms with E-state index in [4.69, 9.17) is 0 Å². The maximum absolute atomic E-state index is 15.0. The van der Waals surface area contributed by atoms with E-state index < -0.39 is 27.9 Å². The van der Waals surface area contributed by atoms with Crippen LogP contribution in [0, 0.1) is 28.1 Å². The number of rotatable bonds is 13. The average molecular weight is 718 g/mol. The fourth-order valence-corrected chi connectivity index (χ4v) is 9.58. The van der Waals surface area contributed by atoms with Crippen LogP contribution in [0.4, 0.5) is 0 Å². The smallest absolute Gasteiger partial charge is 0.184 e. The molecule has 0 spiro atoms. The highest BCUT2D eigenvalue weighted by molar-refractivity contribution is 6.33. The Labute approximate surface area is 318 Å². The summed E-state index contributed by atoms with van der Waals surface area (Å²) < 4.78 is 0. The van der Waals surface area contributed by atoms with Gasteiger partial charge in [0, 0.05) is 23.6 Å². The second-order valence-corrected chi connectivity index (χ2v) is 18.3. The van der Waals surface area contributed by atoms with Crippen LogP contribution in [-0.2, 0) is 14.4 Å². The molecule has 0 aromatic carbocycles. The number of hydrogen-bond donors (Lipinski definition) is 2. The van der Waals surface area contributed by atoms with E-state index >= 15 is 0 Å². The summed E-state index contributed by atoms with van der Waals surface area (Å²) in [4.78, 5) is 44.3. The van der Waals surface area contributed by atoms with E-state index in [1.165, 1.54) is 69.8 Å². The monoisotopic (exact) mass is 718 g/mol. The first-order chi connectivity index (χ1) is 24.4. The predicted octanol–water partition coefficient (Wildman–Crippen LogP) is 12.2. The number of fused-ring (bicyclic) bond motifs is 2. The van der Waals surface area contributed by atoms with Crippen LogP contribution >= 0.6 is 0 Å². The van der Waals surface area contributed by atoms with E-state index in [1.807, 2.05) is 74.5 Å². The van der Waals surface area contributed by atoms with Crippen molar-refractivity contribution in [2.75, 3.05) is 0 Å². The zero-order valence-corrected chi connectivity index (χ0v) is 35.1. The molecule has 2 bridgehead atoms. The molecule has 5 nitrogen and oxygen atoms in total. The van der Waals surface area contributed by atoms with Gasteiger partial charge in [-0.1, -0.05) is 106 Å². The average Bonchev–Trinajstić information content (AvgIpc) is 3.08. The number of allylic oxidation sites excluding steroid dienone is 10. The minimum absolute atomic E-state index is 0.117. The van der Waals surface area contributed by atoms with Crippen LogP contribution in [-0.4, -0.2) is 34.5 Å². The molecule has 0 saturated heterocycles. The molecule has 4 rings (SSSR count). The van der Waals surface area contributed by atoms with Gasteiger partial charge in [0.2, 0.25) is 0 Å². The van der Waals surface area contributed by atoms with Gasteiger partial charge in [0.1, 0.15) is 5.76 Å². The molecule has 4 aliphatic rings. The van der Waals surface area contributed by atoms with Crippen molar-refractivity contribution >= 4 is 17.3 Å². The summed E-state index contributed by atoms with van der Waals surface area (Å²) in [6.07, 6.45) is 25.5. The van der Waals surface area contributed by atoms with Crippen molar-refractivity contribution in [1.29, 1.82) is 0 Å². The van der Waals surface area contributed by atoms with Crippen molar-refractivity contribution in [3.63, 3.8) is 0 Å². The van der Waals surface area contributed by atoms with Gasteiger partial charge < -0.3 is 10.4 Å². The van der Waals surface area contributed by atoms with Gasteiger partial charge in [0.15, 0.2) is 22.8 Å². The molecule has 0 aromatic rings. The molecule has 5 heteroatoms. The summed E-state index contributed by atoms with van der Waals surface area (Å²) in [5.74, 6) is -1.93. The van der Waals surface area contributed by atoms with Crippen LogP contribution < -0.4 is 5.32 Å². The predicted molar refractivity (Wildman–Crippen MR) is 218 cm³/mol. The Hall–Kier alpha value is -2.53. The Morgan fingerprint density at radius 3 is 1.73 bits per heavy atom. The van der Waals surface area contributed by atoms with Crippen molar-refractivity contribution in [2.24, 2.45) is 28.1 Å². The highest BCUT2D eigenvalue weighted by Crippen LogP contribution is 2.67. The molecular formula is C47H75NO4. The number of carbonyl (C=O) groups excluding carboxylic acids is 3. The van der Waals surface area contributed by atoms with Gasteiger partial charge in [0.25, 0.3) is 0 Å². The van der Waals surface area contributed by atoms with E-state index in [9.17, 15) is 19.5 Å². The number of hydrogen-bond acceptors (Lipinski definition) is 5. The highest BCUT2D eigenvalue weighted by Gasteiger charge is 2.75. The lowest BCUT2D eigenvalue weighted by Gasteiger charge is -2.61. The topological polar surface area (TPSA) is 83.5 Å². The summed E-state index contributed by atoms with van der Waals surface area (Å²) in [6.45, 7) is 21.6. The second kappa shape index (κ2) is 19.2. The standard InChI is InChI=1S/C35H52O4.C12H23N/c1-22(2)13-12-19-33(11)27(16-14-23(3)4)21-34(20-18-25(7)8)30(37)28(17-15-24(5)6)31(38)35(33,32(34)39)29(36)26(9)10;1-3-7-11(8-4-1)13-12-9-5-2-6-10-12/h13-15,18,26-27,37H,12,16-17,19-21H2,1-11H3;11-13H,1-10H2/t27-,33?,34?,35+;/m0./s1. The summed E-state index contributed by atoms with van der Waals surface area (Å²) in [5, 5.41) is 15.7. The maximum atomic E-state index is 15.0. The Balaban J connectivity index is 0.000000464. The third-order valence-electron chi connectivity index (χ3n) is 12.7. The van der Waals surface area contributed by atoms with Gasteiger partial charge in [-0.25, -0.2) is 0 Å². The lowest BCUT2D eigenvalue weighted by Crippen LogP contribution is -2.71. The first-order valence-electron chi connectivity index (χ1n) is 20.8. The summed E-state index contributed by atoms with van der Waals surface area (Å²) in [5.41, 5.74) is 0.583. The quantitative estimate of drug-likeness (QED) is 0.146. The van der Waals surface area contributed by atoms with E-state index in [0.717, 1.165) is 28.8 Å². The molecule has 2 unspecified atom stereocenters. The third kappa shape index (κ3) is 9.76. The van der Waals surface area contributed by atoms with Gasteiger partial charge in [-0.15, -0.1) is 0 Å². The Morgan fingerprint density at radius 2 is 1.27 bits per heavy atom.